The molecular formula is C31H33ClN6O4. The SMILES string of the molecule is CCOc1cc(C(Nc2ccc3c(N)nccc3c2)C(=O)NCc2cccc(NC(=O)N3CC[C@@H](O)C3)c2)ccc1Cl. The molecule has 10 nitrogen and oxygen atoms in total. The number of aliphatic hydroxyl groups is 1. The van der Waals surface area contributed by atoms with Gasteiger partial charge in [-0.25, -0.2) is 9.78 Å². The van der Waals surface area contributed by atoms with E-state index < -0.39 is 12.1 Å². The summed E-state index contributed by atoms with van der Waals surface area (Å²) in [4.78, 5) is 32.0. The van der Waals surface area contributed by atoms with Crippen molar-refractivity contribution in [2.75, 3.05) is 36.1 Å². The first-order valence-corrected chi connectivity index (χ1v) is 14.1. The van der Waals surface area contributed by atoms with Gasteiger partial charge in [-0.1, -0.05) is 29.8 Å². The van der Waals surface area contributed by atoms with Crippen LogP contribution in [0.5, 0.6) is 5.75 Å². The zero-order valence-electron chi connectivity index (χ0n) is 23.1. The smallest absolute Gasteiger partial charge is 0.321 e. The minimum Gasteiger partial charge on any atom is -0.492 e. The van der Waals surface area contributed by atoms with E-state index in [4.69, 9.17) is 22.1 Å². The number of fused-ring (bicyclic) bond motifs is 1. The summed E-state index contributed by atoms with van der Waals surface area (Å²) in [6.45, 7) is 3.35. The van der Waals surface area contributed by atoms with Crippen LogP contribution in [-0.4, -0.2) is 52.7 Å². The second-order valence-corrected chi connectivity index (χ2v) is 10.5. The van der Waals surface area contributed by atoms with Crippen molar-refractivity contribution in [3.8, 4) is 5.75 Å². The number of aromatic nitrogens is 1. The molecule has 4 aromatic rings. The molecule has 1 saturated heterocycles. The van der Waals surface area contributed by atoms with Crippen LogP contribution in [-0.2, 0) is 11.3 Å². The standard InChI is InChI=1S/C31H33ClN6O4/c1-2-42-27-16-21(6-9-26(27)32)28(36-23-7-8-25-20(15-23)10-12-34-29(25)33)30(40)35-17-19-4-3-5-22(14-19)37-31(41)38-13-11-24(39)18-38/h3-10,12,14-16,24,28,36,39H,2,11,13,17-18H2,1H3,(H2,33,34)(H,35,40)(H,37,41)/t24-,28?/m1/s1. The summed E-state index contributed by atoms with van der Waals surface area (Å²) in [5.74, 6) is 0.654. The van der Waals surface area contributed by atoms with Crippen LogP contribution in [0, 0.1) is 0 Å². The van der Waals surface area contributed by atoms with Gasteiger partial charge in [0.2, 0.25) is 5.91 Å². The Bertz CT molecular complexity index is 1600. The molecule has 0 saturated carbocycles. The molecule has 0 spiro atoms. The lowest BCUT2D eigenvalue weighted by Gasteiger charge is -2.22. The summed E-state index contributed by atoms with van der Waals surface area (Å²) in [7, 11) is 0. The van der Waals surface area contributed by atoms with E-state index in [0.717, 1.165) is 22.0 Å². The summed E-state index contributed by atoms with van der Waals surface area (Å²) in [6.07, 6.45) is 1.72. The van der Waals surface area contributed by atoms with Crippen LogP contribution in [0.15, 0.2) is 72.9 Å². The van der Waals surface area contributed by atoms with E-state index >= 15 is 0 Å². The van der Waals surface area contributed by atoms with E-state index in [0.29, 0.717) is 54.0 Å². The van der Waals surface area contributed by atoms with Gasteiger partial charge in [0.1, 0.15) is 17.6 Å². The molecular weight excluding hydrogens is 556 g/mol. The lowest BCUT2D eigenvalue weighted by atomic mass is 10.0. The number of nitrogens with zero attached hydrogens (tertiary/aromatic N) is 2. The van der Waals surface area contributed by atoms with Crippen molar-refractivity contribution in [2.24, 2.45) is 0 Å². The van der Waals surface area contributed by atoms with Gasteiger partial charge in [0.25, 0.3) is 0 Å². The van der Waals surface area contributed by atoms with Crippen molar-refractivity contribution >= 4 is 51.5 Å². The summed E-state index contributed by atoms with van der Waals surface area (Å²) < 4.78 is 5.68. The molecule has 3 amide bonds. The van der Waals surface area contributed by atoms with Crippen LogP contribution in [0.3, 0.4) is 0 Å². The van der Waals surface area contributed by atoms with Gasteiger partial charge in [0.05, 0.1) is 17.7 Å². The molecule has 11 heteroatoms. The lowest BCUT2D eigenvalue weighted by molar-refractivity contribution is -0.122. The van der Waals surface area contributed by atoms with E-state index in [1.165, 1.54) is 0 Å². The number of hydrogen-bond donors (Lipinski definition) is 5. The zero-order chi connectivity index (χ0) is 29.6. The third-order valence-corrected chi connectivity index (χ3v) is 7.36. The van der Waals surface area contributed by atoms with E-state index in [1.807, 2.05) is 49.4 Å². The maximum absolute atomic E-state index is 13.7. The number of anilines is 3. The average molecular weight is 589 g/mol. The Morgan fingerprint density at radius 3 is 2.79 bits per heavy atom. The van der Waals surface area contributed by atoms with Crippen LogP contribution < -0.4 is 26.4 Å². The number of aliphatic hydroxyl groups excluding tert-OH is 1. The highest BCUT2D eigenvalue weighted by molar-refractivity contribution is 6.32. The average Bonchev–Trinajstić information content (AvgIpc) is 3.43. The van der Waals surface area contributed by atoms with Crippen molar-refractivity contribution in [3.05, 3.63) is 89.1 Å². The number of nitrogen functional groups attached to an aromatic ring is 1. The Kier molecular flexibility index (Phi) is 8.94. The van der Waals surface area contributed by atoms with Gasteiger partial charge in [0.15, 0.2) is 0 Å². The number of halogens is 1. The molecule has 218 valence electrons. The molecule has 3 aromatic carbocycles. The van der Waals surface area contributed by atoms with Gasteiger partial charge >= 0.3 is 6.03 Å². The first-order valence-electron chi connectivity index (χ1n) is 13.7. The molecule has 1 aliphatic heterocycles. The number of pyridine rings is 1. The predicted molar refractivity (Wildman–Crippen MR) is 165 cm³/mol. The van der Waals surface area contributed by atoms with Gasteiger partial charge in [0, 0.05) is 42.6 Å². The fourth-order valence-corrected chi connectivity index (χ4v) is 5.07. The Morgan fingerprint density at radius 1 is 1.14 bits per heavy atom. The summed E-state index contributed by atoms with van der Waals surface area (Å²) in [5.41, 5.74) is 8.82. The van der Waals surface area contributed by atoms with E-state index in [1.54, 1.807) is 35.4 Å². The number of β-amino-alcohol motifs (C(OH)–C–C–N with tert-alkyl or cyclic N) is 1. The fourth-order valence-electron chi connectivity index (χ4n) is 4.90. The van der Waals surface area contributed by atoms with Crippen molar-refractivity contribution in [1.29, 1.82) is 0 Å². The van der Waals surface area contributed by atoms with Crippen LogP contribution in [0.25, 0.3) is 10.8 Å². The highest BCUT2D eigenvalue weighted by atomic mass is 35.5. The van der Waals surface area contributed by atoms with Crippen molar-refractivity contribution in [3.63, 3.8) is 0 Å². The monoisotopic (exact) mass is 588 g/mol. The number of hydrogen-bond acceptors (Lipinski definition) is 7. The number of amides is 3. The third kappa shape index (κ3) is 6.84. The molecule has 5 rings (SSSR count). The Labute approximate surface area is 248 Å². The maximum Gasteiger partial charge on any atom is 0.321 e. The number of urea groups is 1. The van der Waals surface area contributed by atoms with Gasteiger partial charge in [-0.3, -0.25) is 4.79 Å². The molecule has 0 aliphatic carbocycles. The minimum atomic E-state index is -0.775. The molecule has 1 unspecified atom stereocenters. The highest BCUT2D eigenvalue weighted by Gasteiger charge is 2.25. The first-order chi connectivity index (χ1) is 20.3. The Morgan fingerprint density at radius 2 is 2.00 bits per heavy atom. The first kappa shape index (κ1) is 29.0. The predicted octanol–water partition coefficient (Wildman–Crippen LogP) is 4.94. The maximum atomic E-state index is 13.7. The number of carbonyl (C=O) groups is 2. The van der Waals surface area contributed by atoms with Crippen LogP contribution >= 0.6 is 11.6 Å². The van der Waals surface area contributed by atoms with Crippen molar-refractivity contribution in [2.45, 2.75) is 32.0 Å². The second-order valence-electron chi connectivity index (χ2n) is 10.1. The third-order valence-electron chi connectivity index (χ3n) is 7.05. The number of carbonyl (C=O) groups excluding carboxylic acids is 2. The van der Waals surface area contributed by atoms with E-state index in [9.17, 15) is 14.7 Å². The molecule has 6 N–H and O–H groups in total. The Balaban J connectivity index is 1.34. The number of nitrogens with two attached hydrogens (primary N) is 1. The van der Waals surface area contributed by atoms with Crippen molar-refractivity contribution < 1.29 is 19.4 Å². The topological polar surface area (TPSA) is 142 Å². The summed E-state index contributed by atoms with van der Waals surface area (Å²) >= 11 is 6.33. The number of likely N-dealkylation sites (tertiary alicyclic amines) is 1. The van der Waals surface area contributed by atoms with Crippen molar-refractivity contribution in [1.82, 2.24) is 15.2 Å². The number of nitrogens with one attached hydrogen (secondary N) is 3. The minimum absolute atomic E-state index is 0.231. The van der Waals surface area contributed by atoms with Crippen LogP contribution in [0.4, 0.5) is 22.0 Å². The van der Waals surface area contributed by atoms with Crippen LogP contribution in [0.1, 0.15) is 30.5 Å². The molecule has 42 heavy (non-hydrogen) atoms. The van der Waals surface area contributed by atoms with E-state index in [2.05, 4.69) is 20.9 Å². The lowest BCUT2D eigenvalue weighted by Crippen LogP contribution is -2.34. The van der Waals surface area contributed by atoms with Gasteiger partial charge in [-0.15, -0.1) is 0 Å². The number of rotatable bonds is 9. The second kappa shape index (κ2) is 13.0. The van der Waals surface area contributed by atoms with E-state index in [-0.39, 0.29) is 18.5 Å². The zero-order valence-corrected chi connectivity index (χ0v) is 23.9. The van der Waals surface area contributed by atoms with Crippen LogP contribution in [0.2, 0.25) is 5.02 Å². The quantitative estimate of drug-likeness (QED) is 0.186. The van der Waals surface area contributed by atoms with Gasteiger partial charge in [-0.2, -0.15) is 0 Å². The Hall–Kier alpha value is -4.54. The highest BCUT2D eigenvalue weighted by Crippen LogP contribution is 2.31. The molecule has 0 bridgehead atoms. The molecule has 1 fully saturated rings. The normalized spacial score (nSPS) is 15.3. The van der Waals surface area contributed by atoms with Gasteiger partial charge < -0.3 is 36.4 Å². The fraction of sp³-hybridized carbons (Fsp3) is 0.258. The molecule has 1 aliphatic rings. The molecule has 0 radical (unpaired) electrons. The molecule has 2 heterocycles. The number of benzene rings is 3. The number of ether oxygens (including phenoxy) is 1. The molecule has 1 aromatic heterocycles. The molecule has 2 atom stereocenters. The van der Waals surface area contributed by atoms with Gasteiger partial charge in [-0.05, 0) is 78.4 Å². The largest absolute Gasteiger partial charge is 0.492 e. The summed E-state index contributed by atoms with van der Waals surface area (Å²) in [5, 5.41) is 21.1. The summed E-state index contributed by atoms with van der Waals surface area (Å²) in [6, 6.07) is 19.0.